The number of nitrogens with one attached hydrogen (secondary N) is 1. The largest absolute Gasteiger partial charge is 0.355 e. The van der Waals surface area contributed by atoms with Crippen LogP contribution in [-0.2, 0) is 32.6 Å². The third kappa shape index (κ3) is 8.33. The molecule has 0 bridgehead atoms. The van der Waals surface area contributed by atoms with Crippen LogP contribution in [0.25, 0.3) is 0 Å². The maximum Gasteiger partial charge on any atom is 0.264 e. The van der Waals surface area contributed by atoms with Crippen molar-refractivity contribution in [2.45, 2.75) is 37.8 Å². The molecule has 4 rings (SSSR count). The Hall–Kier alpha value is -3.56. The van der Waals surface area contributed by atoms with E-state index in [1.807, 2.05) is 37.3 Å². The molecule has 0 heterocycles. The molecular weight excluding hydrogens is 641 g/mol. The molecule has 11 heteroatoms. The third-order valence-corrected chi connectivity index (χ3v) is 9.57. The molecule has 0 aliphatic carbocycles. The Morgan fingerprint density at radius 1 is 0.841 bits per heavy atom. The zero-order chi connectivity index (χ0) is 31.9. The minimum Gasteiger partial charge on any atom is -0.355 e. The Kier molecular flexibility index (Phi) is 11.3. The molecule has 7 nitrogen and oxygen atoms in total. The maximum atomic E-state index is 14.4. The fourth-order valence-corrected chi connectivity index (χ4v) is 6.74. The van der Waals surface area contributed by atoms with Crippen molar-refractivity contribution in [2.75, 3.05) is 17.4 Å². The summed E-state index contributed by atoms with van der Waals surface area (Å²) in [7, 11) is -4.23. The number of likely N-dealkylation sites (N-methyl/N-ethyl adjacent to an activating group) is 1. The molecule has 0 aromatic heterocycles. The SMILES string of the molecule is CCNC(=O)C(Cc1ccccc1)N(Cc1ccc(Cl)cc1Cl)C(=O)CN(c1cccc(Cl)c1)S(=O)(=O)c1ccc(C)cc1. The molecule has 4 aromatic rings. The maximum absolute atomic E-state index is 14.4. The first-order valence-corrected chi connectivity index (χ1v) is 16.5. The summed E-state index contributed by atoms with van der Waals surface area (Å²) >= 11 is 18.9. The summed E-state index contributed by atoms with van der Waals surface area (Å²) < 4.78 is 29.1. The van der Waals surface area contributed by atoms with Crippen LogP contribution in [-0.4, -0.2) is 44.3 Å². The molecule has 1 atom stereocenters. The standard InChI is InChI=1S/C33H32Cl3N3O4S/c1-3-37-33(41)31(18-24-8-5-4-6-9-24)38(21-25-14-15-27(35)20-30(25)36)32(40)22-39(28-11-7-10-26(34)19-28)44(42,43)29-16-12-23(2)13-17-29/h4-17,19-20,31H,3,18,21-22H2,1-2H3,(H,37,41). The number of amides is 2. The second-order valence-corrected chi connectivity index (χ2v) is 13.3. The van der Waals surface area contributed by atoms with Gasteiger partial charge in [0.25, 0.3) is 10.0 Å². The van der Waals surface area contributed by atoms with Gasteiger partial charge in [-0.15, -0.1) is 0 Å². The lowest BCUT2D eigenvalue weighted by Gasteiger charge is -2.34. The van der Waals surface area contributed by atoms with Crippen molar-refractivity contribution in [3.8, 4) is 0 Å². The average Bonchev–Trinajstić information content (AvgIpc) is 2.99. The smallest absolute Gasteiger partial charge is 0.264 e. The first-order chi connectivity index (χ1) is 21.0. The zero-order valence-electron chi connectivity index (χ0n) is 24.2. The predicted octanol–water partition coefficient (Wildman–Crippen LogP) is 6.93. The Bertz CT molecular complexity index is 1720. The van der Waals surface area contributed by atoms with E-state index in [0.29, 0.717) is 27.2 Å². The Labute approximate surface area is 273 Å². The molecular formula is C33H32Cl3N3O4S. The van der Waals surface area contributed by atoms with Crippen LogP contribution in [0.4, 0.5) is 5.69 Å². The van der Waals surface area contributed by atoms with Crippen LogP contribution < -0.4 is 9.62 Å². The second-order valence-electron chi connectivity index (χ2n) is 10.2. The molecule has 44 heavy (non-hydrogen) atoms. The van der Waals surface area contributed by atoms with Crippen LogP contribution in [0, 0.1) is 6.92 Å². The fourth-order valence-electron chi connectivity index (χ4n) is 4.68. The second kappa shape index (κ2) is 14.9. The highest BCUT2D eigenvalue weighted by Gasteiger charge is 2.35. The lowest BCUT2D eigenvalue weighted by molar-refractivity contribution is -0.140. The molecule has 0 aliphatic heterocycles. The summed E-state index contributed by atoms with van der Waals surface area (Å²) in [5.74, 6) is -0.996. The molecule has 0 aliphatic rings. The average molecular weight is 673 g/mol. The van der Waals surface area contributed by atoms with Gasteiger partial charge in [-0.05, 0) is 67.4 Å². The number of hydrogen-bond donors (Lipinski definition) is 1. The van der Waals surface area contributed by atoms with Crippen molar-refractivity contribution in [1.29, 1.82) is 0 Å². The summed E-state index contributed by atoms with van der Waals surface area (Å²) in [6.07, 6.45) is 0.186. The molecule has 4 aromatic carbocycles. The van der Waals surface area contributed by atoms with Crippen LogP contribution >= 0.6 is 34.8 Å². The number of anilines is 1. The number of rotatable bonds is 12. The van der Waals surface area contributed by atoms with Gasteiger partial charge in [-0.3, -0.25) is 13.9 Å². The van der Waals surface area contributed by atoms with Crippen LogP contribution in [0.5, 0.6) is 0 Å². The monoisotopic (exact) mass is 671 g/mol. The van der Waals surface area contributed by atoms with Gasteiger partial charge in [0, 0.05) is 34.6 Å². The summed E-state index contributed by atoms with van der Waals surface area (Å²) in [6, 6.07) is 25.8. The molecule has 0 spiro atoms. The lowest BCUT2D eigenvalue weighted by atomic mass is 10.0. The highest BCUT2D eigenvalue weighted by molar-refractivity contribution is 7.92. The van der Waals surface area contributed by atoms with Gasteiger partial charge in [-0.2, -0.15) is 0 Å². The predicted molar refractivity (Wildman–Crippen MR) is 177 cm³/mol. The Morgan fingerprint density at radius 2 is 1.52 bits per heavy atom. The van der Waals surface area contributed by atoms with E-state index in [1.54, 1.807) is 55.5 Å². The van der Waals surface area contributed by atoms with Crippen molar-refractivity contribution in [1.82, 2.24) is 10.2 Å². The molecule has 0 saturated heterocycles. The number of nitrogens with zero attached hydrogens (tertiary/aromatic N) is 2. The first kappa shape index (κ1) is 33.3. The molecule has 0 saturated carbocycles. The van der Waals surface area contributed by atoms with Crippen molar-refractivity contribution >= 4 is 62.3 Å². The summed E-state index contributed by atoms with van der Waals surface area (Å²) in [4.78, 5) is 29.3. The third-order valence-electron chi connectivity index (χ3n) is 6.96. The molecule has 0 fully saturated rings. The van der Waals surface area contributed by atoms with Gasteiger partial charge in [0.1, 0.15) is 12.6 Å². The van der Waals surface area contributed by atoms with Crippen LogP contribution in [0.15, 0.2) is 102 Å². The van der Waals surface area contributed by atoms with E-state index < -0.39 is 28.5 Å². The van der Waals surface area contributed by atoms with E-state index in [9.17, 15) is 18.0 Å². The van der Waals surface area contributed by atoms with E-state index in [2.05, 4.69) is 5.32 Å². The van der Waals surface area contributed by atoms with Crippen LogP contribution in [0.1, 0.15) is 23.6 Å². The van der Waals surface area contributed by atoms with Crippen LogP contribution in [0.3, 0.4) is 0 Å². The van der Waals surface area contributed by atoms with Crippen molar-refractivity contribution < 1.29 is 18.0 Å². The van der Waals surface area contributed by atoms with Crippen molar-refractivity contribution in [3.05, 3.63) is 129 Å². The quantitative estimate of drug-likeness (QED) is 0.177. The van der Waals surface area contributed by atoms with E-state index in [-0.39, 0.29) is 29.5 Å². The lowest BCUT2D eigenvalue weighted by Crippen LogP contribution is -2.53. The number of carbonyl (C=O) groups is 2. The molecule has 230 valence electrons. The number of halogens is 3. The summed E-state index contributed by atoms with van der Waals surface area (Å²) in [5.41, 5.74) is 2.45. The number of hydrogen-bond acceptors (Lipinski definition) is 4. The topological polar surface area (TPSA) is 86.8 Å². The first-order valence-electron chi connectivity index (χ1n) is 13.9. The van der Waals surface area contributed by atoms with Gasteiger partial charge >= 0.3 is 0 Å². The molecule has 0 radical (unpaired) electrons. The number of benzene rings is 4. The van der Waals surface area contributed by atoms with Crippen molar-refractivity contribution in [3.63, 3.8) is 0 Å². The van der Waals surface area contributed by atoms with Gasteiger partial charge in [0.2, 0.25) is 11.8 Å². The minimum absolute atomic E-state index is 0.00716. The minimum atomic E-state index is -4.23. The highest BCUT2D eigenvalue weighted by atomic mass is 35.5. The Morgan fingerprint density at radius 3 is 2.16 bits per heavy atom. The summed E-state index contributed by atoms with van der Waals surface area (Å²) in [5, 5.41) is 3.85. The van der Waals surface area contributed by atoms with E-state index in [1.165, 1.54) is 23.1 Å². The fraction of sp³-hybridized carbons (Fsp3) is 0.212. The summed E-state index contributed by atoms with van der Waals surface area (Å²) in [6.45, 7) is 3.30. The van der Waals surface area contributed by atoms with Gasteiger partial charge in [-0.1, -0.05) is 95.0 Å². The molecule has 1 N–H and O–H groups in total. The van der Waals surface area contributed by atoms with Crippen LogP contribution in [0.2, 0.25) is 15.1 Å². The zero-order valence-corrected chi connectivity index (χ0v) is 27.3. The van der Waals surface area contributed by atoms with Gasteiger partial charge < -0.3 is 10.2 Å². The van der Waals surface area contributed by atoms with E-state index >= 15 is 0 Å². The number of sulfonamides is 1. The Balaban J connectivity index is 1.82. The van der Waals surface area contributed by atoms with Crippen molar-refractivity contribution in [2.24, 2.45) is 0 Å². The molecule has 2 amide bonds. The van der Waals surface area contributed by atoms with E-state index in [4.69, 9.17) is 34.8 Å². The highest BCUT2D eigenvalue weighted by Crippen LogP contribution is 2.28. The van der Waals surface area contributed by atoms with Gasteiger partial charge in [-0.25, -0.2) is 8.42 Å². The molecule has 1 unspecified atom stereocenters. The number of aryl methyl sites for hydroxylation is 1. The number of carbonyl (C=O) groups excluding carboxylic acids is 2. The normalized spacial score (nSPS) is 11.9. The van der Waals surface area contributed by atoms with Gasteiger partial charge in [0.05, 0.1) is 10.6 Å². The van der Waals surface area contributed by atoms with E-state index in [0.717, 1.165) is 15.4 Å². The van der Waals surface area contributed by atoms with Gasteiger partial charge in [0.15, 0.2) is 0 Å².